The van der Waals surface area contributed by atoms with Gasteiger partial charge in [0.2, 0.25) is 5.91 Å². The van der Waals surface area contributed by atoms with Crippen molar-refractivity contribution in [2.24, 2.45) is 5.73 Å². The fourth-order valence-electron chi connectivity index (χ4n) is 2.04. The molecule has 1 aromatic carbocycles. The monoisotopic (exact) mass is 237 g/mol. The molecule has 0 radical (unpaired) electrons. The highest BCUT2D eigenvalue weighted by Crippen LogP contribution is 2.22. The lowest BCUT2D eigenvalue weighted by Gasteiger charge is -2.24. The minimum Gasteiger partial charge on any atom is -0.362 e. The van der Waals surface area contributed by atoms with Crippen LogP contribution < -0.4 is 16.0 Å². The van der Waals surface area contributed by atoms with E-state index in [1.807, 2.05) is 4.90 Å². The topological polar surface area (TPSA) is 58.4 Å². The number of nitrogens with zero attached hydrogens (tertiary/aromatic N) is 1. The number of carbonyl (C=O) groups is 1. The highest BCUT2D eigenvalue weighted by molar-refractivity contribution is 5.82. The van der Waals surface area contributed by atoms with E-state index in [1.165, 1.54) is 12.1 Å². The molecule has 1 saturated heterocycles. The maximum atomic E-state index is 13.1. The summed E-state index contributed by atoms with van der Waals surface area (Å²) in [5, 5.41) is 2.81. The molecule has 2 rings (SSSR count). The minimum atomic E-state index is -0.298. The molecule has 0 aliphatic carbocycles. The molecule has 1 heterocycles. The van der Waals surface area contributed by atoms with E-state index < -0.39 is 0 Å². The summed E-state index contributed by atoms with van der Waals surface area (Å²) in [6.07, 6.45) is 0.882. The molecule has 0 atom stereocenters. The maximum Gasteiger partial charge on any atom is 0.239 e. The molecular weight excluding hydrogens is 221 g/mol. The van der Waals surface area contributed by atoms with Crippen molar-refractivity contribution in [3.8, 4) is 0 Å². The molecule has 1 amide bonds. The third kappa shape index (κ3) is 2.74. The van der Waals surface area contributed by atoms with Crippen LogP contribution in [0.4, 0.5) is 10.1 Å². The van der Waals surface area contributed by atoms with Crippen LogP contribution in [-0.4, -0.2) is 25.5 Å². The summed E-state index contributed by atoms with van der Waals surface area (Å²) in [4.78, 5) is 13.4. The average Bonchev–Trinajstić information content (AvgIpc) is 2.53. The van der Waals surface area contributed by atoms with Crippen LogP contribution in [0.25, 0.3) is 0 Å². The van der Waals surface area contributed by atoms with E-state index in [1.54, 1.807) is 6.07 Å². The normalized spacial score (nSPS) is 16.6. The lowest BCUT2D eigenvalue weighted by atomic mass is 10.1. The molecule has 4 nitrogen and oxygen atoms in total. The quantitative estimate of drug-likeness (QED) is 0.792. The van der Waals surface area contributed by atoms with E-state index in [-0.39, 0.29) is 18.3 Å². The molecule has 0 unspecified atom stereocenters. The van der Waals surface area contributed by atoms with Gasteiger partial charge in [-0.25, -0.2) is 4.39 Å². The van der Waals surface area contributed by atoms with Crippen molar-refractivity contribution in [2.75, 3.05) is 24.5 Å². The molecule has 5 heteroatoms. The maximum absolute atomic E-state index is 13.1. The Labute approximate surface area is 99.6 Å². The third-order valence-electron chi connectivity index (χ3n) is 2.86. The molecule has 1 aliphatic heterocycles. The van der Waals surface area contributed by atoms with Gasteiger partial charge in [0.05, 0.1) is 6.54 Å². The van der Waals surface area contributed by atoms with Crippen molar-refractivity contribution < 1.29 is 9.18 Å². The van der Waals surface area contributed by atoms with Gasteiger partial charge in [-0.2, -0.15) is 0 Å². The van der Waals surface area contributed by atoms with Crippen LogP contribution in [0.3, 0.4) is 0 Å². The SMILES string of the molecule is NCc1cc(F)ccc1N1CCCNC(=O)C1. The first-order valence-electron chi connectivity index (χ1n) is 5.71. The summed E-state index contributed by atoms with van der Waals surface area (Å²) < 4.78 is 13.1. The molecule has 0 bridgehead atoms. The zero-order chi connectivity index (χ0) is 12.3. The predicted molar refractivity (Wildman–Crippen MR) is 64.1 cm³/mol. The zero-order valence-electron chi connectivity index (χ0n) is 9.58. The molecule has 17 heavy (non-hydrogen) atoms. The van der Waals surface area contributed by atoms with Gasteiger partial charge in [0.15, 0.2) is 0 Å². The molecule has 1 aliphatic rings. The van der Waals surface area contributed by atoms with Gasteiger partial charge in [-0.15, -0.1) is 0 Å². The van der Waals surface area contributed by atoms with Crippen LogP contribution in [-0.2, 0) is 11.3 Å². The summed E-state index contributed by atoms with van der Waals surface area (Å²) in [6, 6.07) is 4.52. The predicted octanol–water partition coefficient (Wildman–Crippen LogP) is 0.611. The van der Waals surface area contributed by atoms with Gasteiger partial charge in [0, 0.05) is 25.3 Å². The highest BCUT2D eigenvalue weighted by atomic mass is 19.1. The standard InChI is InChI=1S/C12H16FN3O/c13-10-2-3-11(9(6-10)7-14)16-5-1-4-15-12(17)8-16/h2-3,6H,1,4-5,7-8,14H2,(H,15,17). The number of hydrogen-bond acceptors (Lipinski definition) is 3. The van der Waals surface area contributed by atoms with E-state index in [2.05, 4.69) is 5.32 Å². The number of anilines is 1. The van der Waals surface area contributed by atoms with Crippen molar-refractivity contribution in [3.63, 3.8) is 0 Å². The first kappa shape index (κ1) is 11.9. The van der Waals surface area contributed by atoms with Crippen LogP contribution in [0.15, 0.2) is 18.2 Å². The summed E-state index contributed by atoms with van der Waals surface area (Å²) in [5.41, 5.74) is 7.19. The van der Waals surface area contributed by atoms with Gasteiger partial charge < -0.3 is 16.0 Å². The molecular formula is C12H16FN3O. The summed E-state index contributed by atoms with van der Waals surface area (Å²) in [6.45, 7) is 2.04. The summed E-state index contributed by atoms with van der Waals surface area (Å²) in [5.74, 6) is -0.303. The second-order valence-electron chi connectivity index (χ2n) is 4.10. The Bertz CT molecular complexity index is 422. The van der Waals surface area contributed by atoms with Crippen LogP contribution >= 0.6 is 0 Å². The Morgan fingerprint density at radius 3 is 3.06 bits per heavy atom. The number of rotatable bonds is 2. The second kappa shape index (κ2) is 5.14. The lowest BCUT2D eigenvalue weighted by molar-refractivity contribution is -0.119. The number of carbonyl (C=O) groups excluding carboxylic acids is 1. The van der Waals surface area contributed by atoms with Crippen LogP contribution in [0, 0.1) is 5.82 Å². The number of benzene rings is 1. The smallest absolute Gasteiger partial charge is 0.239 e. The number of nitrogens with one attached hydrogen (secondary N) is 1. The first-order chi connectivity index (χ1) is 8.20. The molecule has 3 N–H and O–H groups in total. The number of nitrogens with two attached hydrogens (primary N) is 1. The van der Waals surface area contributed by atoms with Crippen molar-refractivity contribution >= 4 is 11.6 Å². The Kier molecular flexibility index (Phi) is 3.58. The summed E-state index contributed by atoms with van der Waals surface area (Å²) >= 11 is 0. The third-order valence-corrected chi connectivity index (χ3v) is 2.86. The molecule has 0 spiro atoms. The van der Waals surface area contributed by atoms with Gasteiger partial charge in [-0.3, -0.25) is 4.79 Å². The van der Waals surface area contributed by atoms with Gasteiger partial charge in [-0.05, 0) is 30.2 Å². The van der Waals surface area contributed by atoms with E-state index in [4.69, 9.17) is 5.73 Å². The Morgan fingerprint density at radius 2 is 2.29 bits per heavy atom. The minimum absolute atomic E-state index is 0.00482. The number of halogens is 1. The number of hydrogen-bond donors (Lipinski definition) is 2. The average molecular weight is 237 g/mol. The Balaban J connectivity index is 2.28. The van der Waals surface area contributed by atoms with Gasteiger partial charge in [0.1, 0.15) is 5.82 Å². The van der Waals surface area contributed by atoms with Gasteiger partial charge in [-0.1, -0.05) is 0 Å². The fraction of sp³-hybridized carbons (Fsp3) is 0.417. The van der Waals surface area contributed by atoms with Crippen molar-refractivity contribution in [1.29, 1.82) is 0 Å². The fourth-order valence-corrected chi connectivity index (χ4v) is 2.04. The molecule has 0 aromatic heterocycles. The van der Waals surface area contributed by atoms with E-state index in [0.717, 1.165) is 24.2 Å². The van der Waals surface area contributed by atoms with E-state index >= 15 is 0 Å². The highest BCUT2D eigenvalue weighted by Gasteiger charge is 2.17. The van der Waals surface area contributed by atoms with Crippen molar-refractivity contribution in [2.45, 2.75) is 13.0 Å². The second-order valence-corrected chi connectivity index (χ2v) is 4.10. The van der Waals surface area contributed by atoms with E-state index in [9.17, 15) is 9.18 Å². The van der Waals surface area contributed by atoms with Crippen molar-refractivity contribution in [3.05, 3.63) is 29.6 Å². The molecule has 1 aromatic rings. The van der Waals surface area contributed by atoms with E-state index in [0.29, 0.717) is 13.1 Å². The van der Waals surface area contributed by atoms with Crippen LogP contribution in [0.1, 0.15) is 12.0 Å². The Morgan fingerprint density at radius 1 is 1.47 bits per heavy atom. The summed E-state index contributed by atoms with van der Waals surface area (Å²) in [7, 11) is 0. The number of amides is 1. The van der Waals surface area contributed by atoms with Crippen LogP contribution in [0.5, 0.6) is 0 Å². The lowest BCUT2D eigenvalue weighted by Crippen LogP contribution is -2.33. The largest absolute Gasteiger partial charge is 0.362 e. The van der Waals surface area contributed by atoms with Crippen molar-refractivity contribution in [1.82, 2.24) is 5.32 Å². The molecule has 1 fully saturated rings. The molecule has 92 valence electrons. The first-order valence-corrected chi connectivity index (χ1v) is 5.71. The van der Waals surface area contributed by atoms with Crippen LogP contribution in [0.2, 0.25) is 0 Å². The molecule has 0 saturated carbocycles. The van der Waals surface area contributed by atoms with Gasteiger partial charge >= 0.3 is 0 Å². The van der Waals surface area contributed by atoms with Gasteiger partial charge in [0.25, 0.3) is 0 Å². The Hall–Kier alpha value is -1.62. The zero-order valence-corrected chi connectivity index (χ0v) is 9.58.